The number of amides is 1. The number of ether oxygens (including phenoxy) is 2. The highest BCUT2D eigenvalue weighted by atomic mass is 16.5. The van der Waals surface area contributed by atoms with Gasteiger partial charge in [-0.1, -0.05) is 35.5 Å². The molecule has 1 amide bonds. The summed E-state index contributed by atoms with van der Waals surface area (Å²) in [6.45, 7) is 3.62. The van der Waals surface area contributed by atoms with E-state index in [1.807, 2.05) is 32.0 Å². The molecule has 0 saturated carbocycles. The van der Waals surface area contributed by atoms with Gasteiger partial charge in [0, 0.05) is 0 Å². The Labute approximate surface area is 186 Å². The van der Waals surface area contributed by atoms with Crippen molar-refractivity contribution in [3.8, 4) is 5.75 Å². The molecule has 1 aliphatic rings. The van der Waals surface area contributed by atoms with E-state index in [0.717, 1.165) is 36.1 Å². The minimum Gasteiger partial charge on any atom is -0.489 e. The topological polar surface area (TPSA) is 90.7 Å². The normalized spacial score (nSPS) is 15.0. The second-order valence-corrected chi connectivity index (χ2v) is 7.91. The highest BCUT2D eigenvalue weighted by Gasteiger charge is 2.22. The van der Waals surface area contributed by atoms with E-state index in [2.05, 4.69) is 16.5 Å². The number of carbonyl (C=O) groups is 2. The number of aromatic nitrogens is 1. The third kappa shape index (κ3) is 4.99. The number of nitrogens with zero attached hydrogens (tertiary/aromatic N) is 1. The molecule has 1 aromatic heterocycles. The van der Waals surface area contributed by atoms with Crippen molar-refractivity contribution < 1.29 is 23.6 Å². The van der Waals surface area contributed by atoms with Gasteiger partial charge in [0.2, 0.25) is 0 Å². The van der Waals surface area contributed by atoms with E-state index in [0.29, 0.717) is 17.1 Å². The Morgan fingerprint density at radius 1 is 1.16 bits per heavy atom. The molecule has 1 N–H and O–H groups in total. The van der Waals surface area contributed by atoms with Gasteiger partial charge in [-0.2, -0.15) is 0 Å². The number of esters is 1. The third-order valence-electron chi connectivity index (χ3n) is 5.67. The van der Waals surface area contributed by atoms with Gasteiger partial charge in [0.05, 0.1) is 22.9 Å². The van der Waals surface area contributed by atoms with Gasteiger partial charge < -0.3 is 19.3 Å². The van der Waals surface area contributed by atoms with Crippen LogP contribution in [0.25, 0.3) is 0 Å². The van der Waals surface area contributed by atoms with Gasteiger partial charge in [-0.25, -0.2) is 4.79 Å². The number of benzene rings is 2. The van der Waals surface area contributed by atoms with Crippen LogP contribution in [0.1, 0.15) is 57.4 Å². The van der Waals surface area contributed by atoms with Gasteiger partial charge in [-0.3, -0.25) is 4.79 Å². The molecule has 0 unspecified atom stereocenters. The maximum absolute atomic E-state index is 12.5. The van der Waals surface area contributed by atoms with Crippen molar-refractivity contribution in [1.29, 1.82) is 0 Å². The first-order valence-corrected chi connectivity index (χ1v) is 10.7. The van der Waals surface area contributed by atoms with Gasteiger partial charge in [-0.05, 0) is 62.4 Å². The van der Waals surface area contributed by atoms with Crippen molar-refractivity contribution in [3.05, 3.63) is 82.2 Å². The van der Waals surface area contributed by atoms with Crippen LogP contribution in [-0.2, 0) is 22.6 Å². The molecule has 4 rings (SSSR count). The largest absolute Gasteiger partial charge is 0.489 e. The highest BCUT2D eigenvalue weighted by molar-refractivity contribution is 5.91. The average Bonchev–Trinajstić information content (AvgIpc) is 3.13. The van der Waals surface area contributed by atoms with Crippen molar-refractivity contribution in [3.63, 3.8) is 0 Å². The molecule has 0 aliphatic heterocycles. The van der Waals surface area contributed by atoms with Gasteiger partial charge in [0.15, 0.2) is 6.61 Å². The maximum Gasteiger partial charge on any atom is 0.338 e. The Morgan fingerprint density at radius 2 is 2.00 bits per heavy atom. The van der Waals surface area contributed by atoms with Gasteiger partial charge in [0.25, 0.3) is 5.91 Å². The first kappa shape index (κ1) is 21.6. The summed E-state index contributed by atoms with van der Waals surface area (Å²) in [5.41, 5.74) is 4.36. The molecule has 3 aromatic rings. The summed E-state index contributed by atoms with van der Waals surface area (Å²) in [6, 6.07) is 14.7. The third-order valence-corrected chi connectivity index (χ3v) is 5.67. The summed E-state index contributed by atoms with van der Waals surface area (Å²) in [5, 5.41) is 6.89. The fraction of sp³-hybridized carbons (Fsp3) is 0.320. The summed E-state index contributed by atoms with van der Waals surface area (Å²) in [6.07, 6.45) is 2.91. The Bertz CT molecular complexity index is 1100. The Hall–Kier alpha value is -3.61. The Kier molecular flexibility index (Phi) is 6.54. The molecular formula is C25H26N2O5. The van der Waals surface area contributed by atoms with Crippen LogP contribution >= 0.6 is 0 Å². The van der Waals surface area contributed by atoms with E-state index in [-0.39, 0.29) is 25.2 Å². The van der Waals surface area contributed by atoms with Crippen LogP contribution in [-0.4, -0.2) is 23.6 Å². The SMILES string of the molecule is Cc1noc(C)c1COc1cccc(C(=O)OCC(=O)N[C@H]2CCCc3ccccc32)c1. The quantitative estimate of drug-likeness (QED) is 0.560. The van der Waals surface area contributed by atoms with Crippen molar-refractivity contribution in [2.75, 3.05) is 6.61 Å². The summed E-state index contributed by atoms with van der Waals surface area (Å²) in [5.74, 6) is 0.324. The number of nitrogens with one attached hydrogen (secondary N) is 1. The van der Waals surface area contributed by atoms with Gasteiger partial charge in [0.1, 0.15) is 18.1 Å². The molecule has 1 atom stereocenters. The van der Waals surface area contributed by atoms with Crippen LogP contribution in [0.3, 0.4) is 0 Å². The summed E-state index contributed by atoms with van der Waals surface area (Å²) in [7, 11) is 0. The van der Waals surface area contributed by atoms with Crippen molar-refractivity contribution in [2.24, 2.45) is 0 Å². The predicted octanol–water partition coefficient (Wildman–Crippen LogP) is 4.22. The fourth-order valence-corrected chi connectivity index (χ4v) is 3.93. The minimum atomic E-state index is -0.577. The molecule has 0 bridgehead atoms. The second-order valence-electron chi connectivity index (χ2n) is 7.91. The lowest BCUT2D eigenvalue weighted by Gasteiger charge is -2.26. The van der Waals surface area contributed by atoms with E-state index >= 15 is 0 Å². The number of aryl methyl sites for hydroxylation is 3. The van der Waals surface area contributed by atoms with Gasteiger partial charge in [-0.15, -0.1) is 0 Å². The molecule has 1 heterocycles. The number of hydrogen-bond donors (Lipinski definition) is 1. The number of hydrogen-bond acceptors (Lipinski definition) is 6. The number of fused-ring (bicyclic) bond motifs is 1. The molecule has 166 valence electrons. The Balaban J connectivity index is 1.30. The van der Waals surface area contributed by atoms with Crippen LogP contribution in [0.5, 0.6) is 5.75 Å². The van der Waals surface area contributed by atoms with Gasteiger partial charge >= 0.3 is 5.97 Å². The molecule has 2 aromatic carbocycles. The average molecular weight is 434 g/mol. The summed E-state index contributed by atoms with van der Waals surface area (Å²) < 4.78 is 16.1. The van der Waals surface area contributed by atoms with Crippen molar-refractivity contribution in [2.45, 2.75) is 45.8 Å². The van der Waals surface area contributed by atoms with E-state index in [4.69, 9.17) is 14.0 Å². The lowest BCUT2D eigenvalue weighted by Crippen LogP contribution is -2.34. The molecule has 0 saturated heterocycles. The number of carbonyl (C=O) groups excluding carboxylic acids is 2. The maximum atomic E-state index is 12.5. The monoisotopic (exact) mass is 434 g/mol. The summed E-state index contributed by atoms with van der Waals surface area (Å²) in [4.78, 5) is 24.8. The van der Waals surface area contributed by atoms with E-state index in [1.54, 1.807) is 24.3 Å². The van der Waals surface area contributed by atoms with E-state index in [9.17, 15) is 9.59 Å². The van der Waals surface area contributed by atoms with Crippen LogP contribution in [0.15, 0.2) is 53.1 Å². The molecule has 7 nitrogen and oxygen atoms in total. The van der Waals surface area contributed by atoms with E-state index in [1.165, 1.54) is 5.56 Å². The standard InChI is InChI=1S/C25H26N2O5/c1-16-22(17(2)32-27-16)14-30-20-10-5-9-19(13-20)25(29)31-15-24(28)26-23-12-6-8-18-7-3-4-11-21(18)23/h3-5,7,9-11,13,23H,6,8,12,14-15H2,1-2H3,(H,26,28)/t23-/m0/s1. The van der Waals surface area contributed by atoms with Crippen LogP contribution in [0.2, 0.25) is 0 Å². The molecule has 0 spiro atoms. The zero-order valence-corrected chi connectivity index (χ0v) is 18.2. The highest BCUT2D eigenvalue weighted by Crippen LogP contribution is 2.29. The molecule has 7 heteroatoms. The fourth-order valence-electron chi connectivity index (χ4n) is 3.93. The number of rotatable bonds is 7. The lowest BCUT2D eigenvalue weighted by atomic mass is 9.88. The second kappa shape index (κ2) is 9.68. The molecule has 0 fully saturated rings. The molecule has 32 heavy (non-hydrogen) atoms. The van der Waals surface area contributed by atoms with Crippen molar-refractivity contribution in [1.82, 2.24) is 10.5 Å². The molecule has 0 radical (unpaired) electrons. The van der Waals surface area contributed by atoms with Crippen molar-refractivity contribution >= 4 is 11.9 Å². The lowest BCUT2D eigenvalue weighted by molar-refractivity contribution is -0.125. The van der Waals surface area contributed by atoms with Crippen LogP contribution < -0.4 is 10.1 Å². The van der Waals surface area contributed by atoms with E-state index < -0.39 is 5.97 Å². The zero-order chi connectivity index (χ0) is 22.5. The molecule has 1 aliphatic carbocycles. The smallest absolute Gasteiger partial charge is 0.338 e. The minimum absolute atomic E-state index is 0.0489. The van der Waals surface area contributed by atoms with Crippen LogP contribution in [0, 0.1) is 13.8 Å². The molecular weight excluding hydrogens is 408 g/mol. The first-order chi connectivity index (χ1) is 15.5. The van der Waals surface area contributed by atoms with Crippen LogP contribution in [0.4, 0.5) is 0 Å². The summed E-state index contributed by atoms with van der Waals surface area (Å²) >= 11 is 0. The first-order valence-electron chi connectivity index (χ1n) is 10.7. The predicted molar refractivity (Wildman–Crippen MR) is 117 cm³/mol. The Morgan fingerprint density at radius 3 is 2.81 bits per heavy atom. The zero-order valence-electron chi connectivity index (χ0n) is 18.2.